The van der Waals surface area contributed by atoms with Gasteiger partial charge in [0.15, 0.2) is 0 Å². The summed E-state index contributed by atoms with van der Waals surface area (Å²) in [5, 5.41) is 9.52. The van der Waals surface area contributed by atoms with Crippen molar-refractivity contribution >= 4 is 71.3 Å². The molecule has 1 aromatic heterocycles. The minimum atomic E-state index is 0.875. The maximum atomic E-state index is 6.77. The van der Waals surface area contributed by atoms with Crippen LogP contribution in [0.25, 0.3) is 76.5 Å². The summed E-state index contributed by atoms with van der Waals surface area (Å²) in [6.07, 6.45) is 0. The summed E-state index contributed by atoms with van der Waals surface area (Å²) >= 11 is 0. The van der Waals surface area contributed by atoms with Gasteiger partial charge >= 0.3 is 0 Å². The Morgan fingerprint density at radius 1 is 0.360 bits per heavy atom. The van der Waals surface area contributed by atoms with Gasteiger partial charge in [-0.2, -0.15) is 0 Å². The van der Waals surface area contributed by atoms with E-state index in [0.717, 1.165) is 50.1 Å². The van der Waals surface area contributed by atoms with Gasteiger partial charge in [0.1, 0.15) is 11.2 Å². The lowest BCUT2D eigenvalue weighted by Gasteiger charge is -2.27. The van der Waals surface area contributed by atoms with Crippen LogP contribution in [0.5, 0.6) is 0 Å². The molecule has 0 saturated heterocycles. The zero-order chi connectivity index (χ0) is 33.0. The van der Waals surface area contributed by atoms with E-state index in [-0.39, 0.29) is 0 Å². The average Bonchev–Trinajstić information content (AvgIpc) is 3.58. The average molecular weight is 638 g/mol. The van der Waals surface area contributed by atoms with Crippen LogP contribution in [0.2, 0.25) is 0 Å². The summed E-state index contributed by atoms with van der Waals surface area (Å²) in [4.78, 5) is 2.41. The first-order valence-corrected chi connectivity index (χ1v) is 17.1. The maximum Gasteiger partial charge on any atom is 0.143 e. The number of hydrogen-bond acceptors (Lipinski definition) is 2. The molecule has 0 unspecified atom stereocenters. The Labute approximate surface area is 290 Å². The van der Waals surface area contributed by atoms with E-state index in [2.05, 4.69) is 193 Å². The van der Waals surface area contributed by atoms with Gasteiger partial charge in [-0.05, 0) is 86.1 Å². The van der Waals surface area contributed by atoms with Crippen LogP contribution in [0, 0.1) is 0 Å². The lowest BCUT2D eigenvalue weighted by molar-refractivity contribution is 0.670. The number of furan rings is 1. The van der Waals surface area contributed by atoms with Crippen LogP contribution < -0.4 is 4.90 Å². The van der Waals surface area contributed by atoms with Crippen molar-refractivity contribution in [1.29, 1.82) is 0 Å². The van der Waals surface area contributed by atoms with Gasteiger partial charge in [-0.1, -0.05) is 146 Å². The highest BCUT2D eigenvalue weighted by atomic mass is 16.3. The van der Waals surface area contributed by atoms with Crippen LogP contribution in [-0.4, -0.2) is 0 Å². The van der Waals surface area contributed by atoms with Gasteiger partial charge < -0.3 is 9.32 Å². The molecule has 10 rings (SSSR count). The van der Waals surface area contributed by atoms with Crippen molar-refractivity contribution in [2.24, 2.45) is 0 Å². The minimum absolute atomic E-state index is 0.875. The third kappa shape index (κ3) is 4.57. The number of nitrogens with zero attached hydrogens (tertiary/aromatic N) is 1. The van der Waals surface area contributed by atoms with Crippen molar-refractivity contribution in [3.63, 3.8) is 0 Å². The highest BCUT2D eigenvalue weighted by molar-refractivity contribution is 6.23. The van der Waals surface area contributed by atoms with E-state index in [1.165, 1.54) is 43.4 Å². The summed E-state index contributed by atoms with van der Waals surface area (Å²) in [5.74, 6) is 0. The third-order valence-corrected chi connectivity index (χ3v) is 10.0. The van der Waals surface area contributed by atoms with Crippen LogP contribution in [0.4, 0.5) is 17.1 Å². The lowest BCUT2D eigenvalue weighted by atomic mass is 9.96. The van der Waals surface area contributed by atoms with Gasteiger partial charge in [0, 0.05) is 33.1 Å². The molecule has 9 aromatic carbocycles. The molecule has 0 N–H and O–H groups in total. The molecule has 10 aromatic rings. The number of benzene rings is 9. The van der Waals surface area contributed by atoms with Crippen molar-refractivity contribution in [3.8, 4) is 22.3 Å². The summed E-state index contributed by atoms with van der Waals surface area (Å²) < 4.78 is 6.77. The predicted octanol–water partition coefficient (Wildman–Crippen LogP) is 13.8. The molecule has 0 amide bonds. The molecule has 0 bridgehead atoms. The molecular formula is C48H31NO. The Kier molecular flexibility index (Phi) is 6.53. The first-order chi connectivity index (χ1) is 24.8. The topological polar surface area (TPSA) is 16.4 Å². The molecule has 0 atom stereocenters. The molecule has 0 aliphatic carbocycles. The molecule has 2 nitrogen and oxygen atoms in total. The van der Waals surface area contributed by atoms with Gasteiger partial charge in [0.25, 0.3) is 0 Å². The highest BCUT2D eigenvalue weighted by Crippen LogP contribution is 2.46. The van der Waals surface area contributed by atoms with E-state index >= 15 is 0 Å². The zero-order valence-corrected chi connectivity index (χ0v) is 27.3. The van der Waals surface area contributed by atoms with Gasteiger partial charge in [-0.25, -0.2) is 0 Å². The van der Waals surface area contributed by atoms with Crippen LogP contribution in [0.1, 0.15) is 0 Å². The van der Waals surface area contributed by atoms with E-state index in [1.807, 2.05) is 0 Å². The Morgan fingerprint density at radius 3 is 1.74 bits per heavy atom. The fraction of sp³-hybridized carbons (Fsp3) is 0. The first-order valence-electron chi connectivity index (χ1n) is 17.1. The summed E-state index contributed by atoms with van der Waals surface area (Å²) in [5.41, 5.74) is 9.72. The minimum Gasteiger partial charge on any atom is -0.455 e. The van der Waals surface area contributed by atoms with E-state index in [1.54, 1.807) is 0 Å². The molecule has 0 radical (unpaired) electrons. The molecule has 50 heavy (non-hydrogen) atoms. The van der Waals surface area contributed by atoms with Crippen LogP contribution in [0.15, 0.2) is 192 Å². The molecule has 0 saturated carbocycles. The Morgan fingerprint density at radius 2 is 0.960 bits per heavy atom. The van der Waals surface area contributed by atoms with Crippen molar-refractivity contribution in [3.05, 3.63) is 188 Å². The Bertz CT molecular complexity index is 2850. The van der Waals surface area contributed by atoms with Crippen molar-refractivity contribution < 1.29 is 4.42 Å². The second-order valence-corrected chi connectivity index (χ2v) is 12.9. The Hall–Kier alpha value is -6.64. The fourth-order valence-electron chi connectivity index (χ4n) is 7.67. The zero-order valence-electron chi connectivity index (χ0n) is 27.3. The summed E-state index contributed by atoms with van der Waals surface area (Å²) in [6.45, 7) is 0. The van der Waals surface area contributed by atoms with Gasteiger partial charge in [-0.3, -0.25) is 0 Å². The molecule has 0 aliphatic heterocycles. The van der Waals surface area contributed by atoms with Crippen molar-refractivity contribution in [1.82, 2.24) is 0 Å². The largest absolute Gasteiger partial charge is 0.455 e. The maximum absolute atomic E-state index is 6.77. The van der Waals surface area contributed by atoms with E-state index in [0.29, 0.717) is 0 Å². The fourth-order valence-corrected chi connectivity index (χ4v) is 7.67. The molecule has 0 fully saturated rings. The summed E-state index contributed by atoms with van der Waals surface area (Å²) in [6, 6.07) is 67.4. The summed E-state index contributed by atoms with van der Waals surface area (Å²) in [7, 11) is 0. The van der Waals surface area contributed by atoms with Crippen LogP contribution in [0.3, 0.4) is 0 Å². The molecule has 0 aliphatic rings. The first kappa shape index (κ1) is 28.4. The van der Waals surface area contributed by atoms with Crippen molar-refractivity contribution in [2.75, 3.05) is 4.90 Å². The monoisotopic (exact) mass is 637 g/mol. The number of anilines is 3. The second-order valence-electron chi connectivity index (χ2n) is 12.9. The molecular weight excluding hydrogens is 607 g/mol. The van der Waals surface area contributed by atoms with Gasteiger partial charge in [0.05, 0.1) is 5.69 Å². The van der Waals surface area contributed by atoms with E-state index in [9.17, 15) is 0 Å². The highest BCUT2D eigenvalue weighted by Gasteiger charge is 2.21. The SMILES string of the molecule is c1ccc(-c2ccc(N(c3ccc4oc5c(-c6ccccc6)cc6ccccc6c5c4c3)c3cccc4ccc5ccccc5c34)cc2)cc1. The Balaban J connectivity index is 1.26. The normalized spacial score (nSPS) is 11.6. The third-order valence-electron chi connectivity index (χ3n) is 10.0. The lowest BCUT2D eigenvalue weighted by Crippen LogP contribution is -2.10. The molecule has 0 spiro atoms. The number of hydrogen-bond donors (Lipinski definition) is 0. The van der Waals surface area contributed by atoms with Gasteiger partial charge in [0.2, 0.25) is 0 Å². The molecule has 1 heterocycles. The molecule has 234 valence electrons. The van der Waals surface area contributed by atoms with E-state index < -0.39 is 0 Å². The van der Waals surface area contributed by atoms with Crippen molar-refractivity contribution in [2.45, 2.75) is 0 Å². The van der Waals surface area contributed by atoms with E-state index in [4.69, 9.17) is 4.42 Å². The standard InChI is InChI=1S/C48H31NO/c1-3-12-32(13-4-1)33-24-26-38(27-25-33)49(44-21-11-18-36-23-22-35-16-7-9-19-40(35)46(36)44)39-28-29-45-43(31-39)47-41-20-10-8-17-37(41)30-42(48(47)50-45)34-14-5-2-6-15-34/h1-31H. The second kappa shape index (κ2) is 11.5. The number of rotatable bonds is 5. The smallest absolute Gasteiger partial charge is 0.143 e. The molecule has 2 heteroatoms. The van der Waals surface area contributed by atoms with Crippen LogP contribution >= 0.6 is 0 Å². The number of fused-ring (bicyclic) bond motifs is 8. The predicted molar refractivity (Wildman–Crippen MR) is 212 cm³/mol. The quantitative estimate of drug-likeness (QED) is 0.175. The van der Waals surface area contributed by atoms with Crippen LogP contribution in [-0.2, 0) is 0 Å². The van der Waals surface area contributed by atoms with Gasteiger partial charge in [-0.15, -0.1) is 0 Å².